The first kappa shape index (κ1) is 17.0. The van der Waals surface area contributed by atoms with E-state index in [-0.39, 0.29) is 0 Å². The van der Waals surface area contributed by atoms with E-state index in [0.717, 1.165) is 33.7 Å². The topological polar surface area (TPSA) is 47.0 Å². The molecule has 0 unspecified atom stereocenters. The Labute approximate surface area is 158 Å². The molecule has 0 spiro atoms. The summed E-state index contributed by atoms with van der Waals surface area (Å²) in [7, 11) is 1.66. The van der Waals surface area contributed by atoms with Crippen molar-refractivity contribution in [1.82, 2.24) is 9.97 Å². The Balaban J connectivity index is 1.84. The molecule has 1 aromatic heterocycles. The molecule has 3 aromatic carbocycles. The second kappa shape index (κ2) is 7.08. The van der Waals surface area contributed by atoms with E-state index in [1.165, 1.54) is 11.1 Å². The van der Waals surface area contributed by atoms with Crippen LogP contribution in [0.2, 0.25) is 0 Å². The highest BCUT2D eigenvalue weighted by molar-refractivity contribution is 5.92. The molecule has 0 aliphatic heterocycles. The molecular formula is C23H21N3O. The Morgan fingerprint density at radius 1 is 0.815 bits per heavy atom. The molecule has 0 aliphatic rings. The van der Waals surface area contributed by atoms with Crippen molar-refractivity contribution >= 4 is 22.4 Å². The van der Waals surface area contributed by atoms with Crippen molar-refractivity contribution < 1.29 is 4.74 Å². The van der Waals surface area contributed by atoms with Gasteiger partial charge in [-0.25, -0.2) is 9.97 Å². The lowest BCUT2D eigenvalue weighted by Crippen LogP contribution is -2.01. The Morgan fingerprint density at radius 3 is 2.37 bits per heavy atom. The van der Waals surface area contributed by atoms with Crippen LogP contribution in [0.5, 0.6) is 5.75 Å². The number of benzene rings is 3. The predicted molar refractivity (Wildman–Crippen MR) is 111 cm³/mol. The number of aryl methyl sites for hydroxylation is 1. The molecule has 1 N–H and O–H groups in total. The van der Waals surface area contributed by atoms with Crippen LogP contribution in [0.15, 0.2) is 66.7 Å². The highest BCUT2D eigenvalue weighted by Gasteiger charge is 2.11. The van der Waals surface area contributed by atoms with E-state index in [2.05, 4.69) is 37.4 Å². The van der Waals surface area contributed by atoms with Gasteiger partial charge in [-0.2, -0.15) is 0 Å². The van der Waals surface area contributed by atoms with E-state index < -0.39 is 0 Å². The summed E-state index contributed by atoms with van der Waals surface area (Å²) in [5, 5.41) is 4.51. The monoisotopic (exact) mass is 355 g/mol. The maximum atomic E-state index is 5.25. The minimum atomic E-state index is 0.684. The summed E-state index contributed by atoms with van der Waals surface area (Å²) in [6.07, 6.45) is 0. The normalized spacial score (nSPS) is 10.8. The fourth-order valence-electron chi connectivity index (χ4n) is 3.06. The highest BCUT2D eigenvalue weighted by atomic mass is 16.5. The standard InChI is InChI=1S/C23H21N3O/c1-15-7-6-10-20(16(15)2)24-23-19-8-4-5-9-21(19)25-22(26-23)17-11-13-18(27-3)14-12-17/h4-14H,1-3H3,(H,24,25,26). The van der Waals surface area contributed by atoms with Crippen LogP contribution in [0.4, 0.5) is 11.5 Å². The molecule has 4 rings (SSSR count). The molecule has 4 aromatic rings. The number of nitrogens with zero attached hydrogens (tertiary/aromatic N) is 2. The van der Waals surface area contributed by atoms with Crippen LogP contribution in [0.25, 0.3) is 22.3 Å². The van der Waals surface area contributed by atoms with E-state index in [4.69, 9.17) is 14.7 Å². The molecule has 0 radical (unpaired) electrons. The third kappa shape index (κ3) is 3.34. The molecule has 4 heteroatoms. The second-order valence-electron chi connectivity index (χ2n) is 6.51. The van der Waals surface area contributed by atoms with Gasteiger partial charge in [-0.3, -0.25) is 0 Å². The zero-order valence-corrected chi connectivity index (χ0v) is 15.7. The summed E-state index contributed by atoms with van der Waals surface area (Å²) in [5.74, 6) is 2.30. The van der Waals surface area contributed by atoms with Gasteiger partial charge in [-0.15, -0.1) is 0 Å². The highest BCUT2D eigenvalue weighted by Crippen LogP contribution is 2.29. The number of aromatic nitrogens is 2. The SMILES string of the molecule is COc1ccc(-c2nc(Nc3cccc(C)c3C)c3ccccc3n2)cc1. The van der Waals surface area contributed by atoms with Gasteiger partial charge in [0.15, 0.2) is 5.82 Å². The van der Waals surface area contributed by atoms with Crippen LogP contribution in [0.1, 0.15) is 11.1 Å². The maximum absolute atomic E-state index is 5.25. The lowest BCUT2D eigenvalue weighted by atomic mass is 10.1. The smallest absolute Gasteiger partial charge is 0.162 e. The number of para-hydroxylation sites is 1. The van der Waals surface area contributed by atoms with Gasteiger partial charge in [-0.05, 0) is 67.4 Å². The number of fused-ring (bicyclic) bond motifs is 1. The van der Waals surface area contributed by atoms with E-state index in [1.807, 2.05) is 48.5 Å². The number of nitrogens with one attached hydrogen (secondary N) is 1. The van der Waals surface area contributed by atoms with Crippen LogP contribution in [-0.4, -0.2) is 17.1 Å². The number of hydrogen-bond acceptors (Lipinski definition) is 4. The molecular weight excluding hydrogens is 334 g/mol. The van der Waals surface area contributed by atoms with Crippen molar-refractivity contribution in [3.63, 3.8) is 0 Å². The third-order valence-corrected chi connectivity index (χ3v) is 4.81. The van der Waals surface area contributed by atoms with Gasteiger partial charge in [0.25, 0.3) is 0 Å². The van der Waals surface area contributed by atoms with Gasteiger partial charge in [0.05, 0.1) is 12.6 Å². The molecule has 27 heavy (non-hydrogen) atoms. The molecule has 0 saturated heterocycles. The quantitative estimate of drug-likeness (QED) is 0.513. The summed E-state index contributed by atoms with van der Waals surface area (Å²) in [4.78, 5) is 9.58. The van der Waals surface area contributed by atoms with E-state index in [1.54, 1.807) is 7.11 Å². The minimum Gasteiger partial charge on any atom is -0.497 e. The van der Waals surface area contributed by atoms with E-state index >= 15 is 0 Å². The van der Waals surface area contributed by atoms with Gasteiger partial charge in [-0.1, -0.05) is 24.3 Å². The Hall–Kier alpha value is -3.40. The molecule has 1 heterocycles. The number of anilines is 2. The Morgan fingerprint density at radius 2 is 1.59 bits per heavy atom. The van der Waals surface area contributed by atoms with Crippen molar-refractivity contribution in [1.29, 1.82) is 0 Å². The average molecular weight is 355 g/mol. The fourth-order valence-corrected chi connectivity index (χ4v) is 3.06. The number of methoxy groups -OCH3 is 1. The average Bonchev–Trinajstić information content (AvgIpc) is 2.71. The van der Waals surface area contributed by atoms with Crippen molar-refractivity contribution in [2.45, 2.75) is 13.8 Å². The minimum absolute atomic E-state index is 0.684. The van der Waals surface area contributed by atoms with Crippen molar-refractivity contribution in [3.05, 3.63) is 77.9 Å². The summed E-state index contributed by atoms with van der Waals surface area (Å²) >= 11 is 0. The largest absolute Gasteiger partial charge is 0.497 e. The van der Waals surface area contributed by atoms with E-state index in [9.17, 15) is 0 Å². The van der Waals surface area contributed by atoms with Gasteiger partial charge in [0, 0.05) is 16.6 Å². The first-order valence-electron chi connectivity index (χ1n) is 8.90. The zero-order valence-electron chi connectivity index (χ0n) is 15.7. The van der Waals surface area contributed by atoms with Crippen LogP contribution in [0.3, 0.4) is 0 Å². The summed E-state index contributed by atoms with van der Waals surface area (Å²) in [6.45, 7) is 4.23. The summed E-state index contributed by atoms with van der Waals surface area (Å²) in [5.41, 5.74) is 5.37. The number of ether oxygens (including phenoxy) is 1. The van der Waals surface area contributed by atoms with Crippen molar-refractivity contribution in [3.8, 4) is 17.1 Å². The van der Waals surface area contributed by atoms with Crippen molar-refractivity contribution in [2.75, 3.05) is 12.4 Å². The van der Waals surface area contributed by atoms with E-state index in [0.29, 0.717) is 5.82 Å². The molecule has 0 aliphatic carbocycles. The molecule has 0 saturated carbocycles. The summed E-state index contributed by atoms with van der Waals surface area (Å²) in [6, 6.07) is 22.1. The number of rotatable bonds is 4. The molecule has 0 bridgehead atoms. The first-order valence-corrected chi connectivity index (χ1v) is 8.90. The third-order valence-electron chi connectivity index (χ3n) is 4.81. The second-order valence-corrected chi connectivity index (χ2v) is 6.51. The van der Waals surface area contributed by atoms with Gasteiger partial charge >= 0.3 is 0 Å². The number of hydrogen-bond donors (Lipinski definition) is 1. The lowest BCUT2D eigenvalue weighted by Gasteiger charge is -2.14. The first-order chi connectivity index (χ1) is 13.2. The van der Waals surface area contributed by atoms with Gasteiger partial charge < -0.3 is 10.1 Å². The van der Waals surface area contributed by atoms with Crippen LogP contribution in [-0.2, 0) is 0 Å². The van der Waals surface area contributed by atoms with Crippen LogP contribution < -0.4 is 10.1 Å². The zero-order chi connectivity index (χ0) is 18.8. The molecule has 0 amide bonds. The van der Waals surface area contributed by atoms with Crippen molar-refractivity contribution in [2.24, 2.45) is 0 Å². The molecule has 0 fully saturated rings. The fraction of sp³-hybridized carbons (Fsp3) is 0.130. The maximum Gasteiger partial charge on any atom is 0.162 e. The Kier molecular flexibility index (Phi) is 4.47. The van der Waals surface area contributed by atoms with Crippen LogP contribution >= 0.6 is 0 Å². The Bertz CT molecular complexity index is 1100. The predicted octanol–water partition coefficient (Wildman–Crippen LogP) is 5.67. The summed E-state index contributed by atoms with van der Waals surface area (Å²) < 4.78 is 5.25. The molecule has 134 valence electrons. The van der Waals surface area contributed by atoms with Gasteiger partial charge in [0.2, 0.25) is 0 Å². The molecule has 0 atom stereocenters. The van der Waals surface area contributed by atoms with Gasteiger partial charge in [0.1, 0.15) is 11.6 Å². The van der Waals surface area contributed by atoms with Crippen LogP contribution in [0, 0.1) is 13.8 Å². The lowest BCUT2D eigenvalue weighted by molar-refractivity contribution is 0.415. The molecule has 4 nitrogen and oxygen atoms in total.